The van der Waals surface area contributed by atoms with E-state index in [1.54, 1.807) is 6.07 Å². The number of halogens is 3. The monoisotopic (exact) mass is 694 g/mol. The number of thiazole rings is 1. The minimum absolute atomic E-state index is 0.274. The number of para-hydroxylation sites is 1. The maximum absolute atomic E-state index is 12.9. The van der Waals surface area contributed by atoms with E-state index in [0.29, 0.717) is 38.6 Å². The van der Waals surface area contributed by atoms with Gasteiger partial charge in [-0.2, -0.15) is 5.10 Å². The Hall–Kier alpha value is -3.31. The number of hydrogen-bond acceptors (Lipinski definition) is 7. The molecule has 10 heteroatoms. The Morgan fingerprint density at radius 1 is 0.925 bits per heavy atom. The average molecular weight is 695 g/mol. The minimum Gasteiger partial charge on any atom is -0.422 e. The van der Waals surface area contributed by atoms with Crippen LogP contribution >= 0.6 is 57.1 Å². The van der Waals surface area contributed by atoms with Crippen LogP contribution in [0.1, 0.15) is 23.6 Å². The Morgan fingerprint density at radius 3 is 2.62 bits per heavy atom. The van der Waals surface area contributed by atoms with Crippen LogP contribution in [0.5, 0.6) is 0 Å². The number of aromatic nitrogens is 2. The third-order valence-electron chi connectivity index (χ3n) is 6.82. The smallest absolute Gasteiger partial charge is 0.345 e. The number of benzene rings is 3. The molecule has 0 aliphatic carbocycles. The fourth-order valence-electron chi connectivity index (χ4n) is 4.90. The number of fused-ring (bicyclic) bond motifs is 2. The molecule has 6 nitrogen and oxygen atoms in total. The van der Waals surface area contributed by atoms with E-state index >= 15 is 0 Å². The Morgan fingerprint density at radius 2 is 1.75 bits per heavy atom. The van der Waals surface area contributed by atoms with E-state index < -0.39 is 5.63 Å². The quantitative estimate of drug-likeness (QED) is 0.105. The molecule has 0 fully saturated rings. The predicted octanol–water partition coefficient (Wildman–Crippen LogP) is 8.73. The zero-order valence-corrected chi connectivity index (χ0v) is 25.0. The van der Waals surface area contributed by atoms with Crippen molar-refractivity contribution < 1.29 is 4.42 Å². The van der Waals surface area contributed by atoms with Crippen molar-refractivity contribution in [3.8, 4) is 11.3 Å². The van der Waals surface area contributed by atoms with Gasteiger partial charge in [-0.15, -0.1) is 11.3 Å². The van der Waals surface area contributed by atoms with Crippen LogP contribution in [0.25, 0.3) is 33.1 Å². The molecule has 7 rings (SSSR count). The summed E-state index contributed by atoms with van der Waals surface area (Å²) in [6.07, 6.45) is 0.551. The second-order valence-electron chi connectivity index (χ2n) is 9.30. The molecule has 0 bridgehead atoms. The van der Waals surface area contributed by atoms with Crippen molar-refractivity contribution >= 4 is 89.8 Å². The van der Waals surface area contributed by atoms with E-state index in [4.69, 9.17) is 37.7 Å². The average Bonchev–Trinajstić information content (AvgIpc) is 3.61. The molecular formula is C30H17Cl2IN4O2S. The van der Waals surface area contributed by atoms with E-state index in [0.717, 1.165) is 36.7 Å². The molecule has 6 aromatic rings. The van der Waals surface area contributed by atoms with Gasteiger partial charge in [-0.3, -0.25) is 0 Å². The third-order valence-corrected chi connectivity index (χ3v) is 8.95. The third kappa shape index (κ3) is 4.58. The molecule has 0 saturated heterocycles. The van der Waals surface area contributed by atoms with Crippen LogP contribution in [-0.4, -0.2) is 15.7 Å². The van der Waals surface area contributed by atoms with Gasteiger partial charge in [0.05, 0.1) is 28.5 Å². The molecule has 3 aromatic carbocycles. The highest BCUT2D eigenvalue weighted by Crippen LogP contribution is 2.42. The lowest BCUT2D eigenvalue weighted by atomic mass is 9.98. The molecule has 1 atom stereocenters. The lowest BCUT2D eigenvalue weighted by Gasteiger charge is -2.22. The summed E-state index contributed by atoms with van der Waals surface area (Å²) in [6.45, 7) is 0. The lowest BCUT2D eigenvalue weighted by Crippen LogP contribution is -2.19. The summed E-state index contributed by atoms with van der Waals surface area (Å²) in [5.41, 5.74) is 4.34. The maximum Gasteiger partial charge on any atom is 0.345 e. The molecule has 3 aromatic heterocycles. The number of pyridine rings is 1. The van der Waals surface area contributed by atoms with Crippen LogP contribution in [0.3, 0.4) is 0 Å². The van der Waals surface area contributed by atoms with Crippen molar-refractivity contribution in [1.29, 1.82) is 0 Å². The van der Waals surface area contributed by atoms with Gasteiger partial charge in [0.2, 0.25) is 5.13 Å². The first-order valence-corrected chi connectivity index (χ1v) is 15.0. The van der Waals surface area contributed by atoms with Gasteiger partial charge in [-0.25, -0.2) is 19.8 Å². The molecule has 40 heavy (non-hydrogen) atoms. The van der Waals surface area contributed by atoms with Gasteiger partial charge in [0.25, 0.3) is 0 Å². The van der Waals surface area contributed by atoms with Crippen molar-refractivity contribution in [3.05, 3.63) is 120 Å². The Labute approximate surface area is 256 Å². The first-order valence-electron chi connectivity index (χ1n) is 12.3. The molecule has 4 heterocycles. The number of hydrazone groups is 1. The topological polar surface area (TPSA) is 71.6 Å². The standard InChI is InChI=1S/C30H17Cl2IN4O2S/c31-22-7-3-2-6-19(22)24-14-26(21-12-16-5-1-4-8-23(16)34-28(21)32)37(36-24)30-35-25(15-40-30)20-13-17-11-18(33)9-10-27(17)39-29(20)38/h1-13,15,26H,14H2. The summed E-state index contributed by atoms with van der Waals surface area (Å²) in [5.74, 6) is 0. The Kier molecular flexibility index (Phi) is 6.58. The predicted molar refractivity (Wildman–Crippen MR) is 171 cm³/mol. The van der Waals surface area contributed by atoms with E-state index in [1.165, 1.54) is 11.3 Å². The molecule has 1 aliphatic heterocycles. The number of nitrogens with zero attached hydrogens (tertiary/aromatic N) is 4. The van der Waals surface area contributed by atoms with Gasteiger partial charge in [0, 0.05) is 42.3 Å². The van der Waals surface area contributed by atoms with E-state index in [1.807, 2.05) is 77.1 Å². The molecular weight excluding hydrogens is 678 g/mol. The summed E-state index contributed by atoms with van der Waals surface area (Å²) in [5, 5.41) is 12.2. The molecule has 0 saturated carbocycles. The number of hydrogen-bond donors (Lipinski definition) is 0. The summed E-state index contributed by atoms with van der Waals surface area (Å²) >= 11 is 17.0. The first-order chi connectivity index (χ1) is 19.4. The molecule has 1 aliphatic rings. The second kappa shape index (κ2) is 10.3. The molecule has 196 valence electrons. The van der Waals surface area contributed by atoms with Crippen LogP contribution in [-0.2, 0) is 0 Å². The summed E-state index contributed by atoms with van der Waals surface area (Å²) in [4.78, 5) is 22.4. The van der Waals surface area contributed by atoms with Crippen LogP contribution in [0.4, 0.5) is 5.13 Å². The van der Waals surface area contributed by atoms with Crippen LogP contribution in [0.2, 0.25) is 10.2 Å². The van der Waals surface area contributed by atoms with Crippen molar-refractivity contribution in [2.24, 2.45) is 5.10 Å². The zero-order chi connectivity index (χ0) is 27.4. The summed E-state index contributed by atoms with van der Waals surface area (Å²) < 4.78 is 6.64. The van der Waals surface area contributed by atoms with Crippen LogP contribution in [0, 0.1) is 3.57 Å². The lowest BCUT2D eigenvalue weighted by molar-refractivity contribution is 0.563. The van der Waals surface area contributed by atoms with Crippen molar-refractivity contribution in [2.45, 2.75) is 12.5 Å². The highest BCUT2D eigenvalue weighted by Gasteiger charge is 2.34. The second-order valence-corrected chi connectivity index (χ2v) is 12.1. The molecule has 0 radical (unpaired) electrons. The SMILES string of the molecule is O=c1oc2ccc(I)cc2cc1-c1csc(N2N=C(c3ccccc3Cl)CC2c2cc3ccccc3nc2Cl)n1. The highest BCUT2D eigenvalue weighted by molar-refractivity contribution is 14.1. The maximum atomic E-state index is 12.9. The van der Waals surface area contributed by atoms with Crippen LogP contribution in [0.15, 0.2) is 98.6 Å². The fraction of sp³-hybridized carbons (Fsp3) is 0.0667. The van der Waals surface area contributed by atoms with E-state index in [2.05, 4.69) is 33.6 Å². The Bertz CT molecular complexity index is 2040. The number of anilines is 1. The van der Waals surface area contributed by atoms with Gasteiger partial charge in [-0.05, 0) is 65.1 Å². The van der Waals surface area contributed by atoms with Gasteiger partial charge in [-0.1, -0.05) is 59.6 Å². The van der Waals surface area contributed by atoms with Crippen LogP contribution < -0.4 is 10.6 Å². The van der Waals surface area contributed by atoms with Gasteiger partial charge in [0.1, 0.15) is 10.7 Å². The van der Waals surface area contributed by atoms with Gasteiger partial charge >= 0.3 is 5.63 Å². The van der Waals surface area contributed by atoms with Crippen molar-refractivity contribution in [1.82, 2.24) is 9.97 Å². The highest BCUT2D eigenvalue weighted by atomic mass is 127. The van der Waals surface area contributed by atoms with Gasteiger partial charge in [0.15, 0.2) is 0 Å². The Balaban J connectivity index is 1.34. The van der Waals surface area contributed by atoms with Crippen molar-refractivity contribution in [2.75, 3.05) is 5.01 Å². The first kappa shape index (κ1) is 25.6. The summed E-state index contributed by atoms with van der Waals surface area (Å²) in [7, 11) is 0. The van der Waals surface area contributed by atoms with E-state index in [9.17, 15) is 4.79 Å². The molecule has 0 spiro atoms. The normalized spacial score (nSPS) is 15.2. The molecule has 1 unspecified atom stereocenters. The van der Waals surface area contributed by atoms with Crippen molar-refractivity contribution in [3.63, 3.8) is 0 Å². The van der Waals surface area contributed by atoms with Gasteiger partial charge < -0.3 is 4.42 Å². The summed E-state index contributed by atoms with van der Waals surface area (Å²) in [6, 6.07) is 24.8. The molecule has 0 amide bonds. The fourth-order valence-corrected chi connectivity index (χ4v) is 6.75. The van der Waals surface area contributed by atoms with E-state index in [-0.39, 0.29) is 6.04 Å². The molecule has 0 N–H and O–H groups in total. The minimum atomic E-state index is -0.439. The number of rotatable bonds is 4. The largest absolute Gasteiger partial charge is 0.422 e. The zero-order valence-electron chi connectivity index (χ0n) is 20.5.